The molecule has 0 saturated carbocycles. The zero-order valence-electron chi connectivity index (χ0n) is 52.4. The van der Waals surface area contributed by atoms with Gasteiger partial charge in [-0.05, 0) is 252 Å². The van der Waals surface area contributed by atoms with Crippen LogP contribution in [0, 0.1) is 0 Å². The summed E-state index contributed by atoms with van der Waals surface area (Å²) in [6.45, 7) is 13.1. The van der Waals surface area contributed by atoms with Gasteiger partial charge in [-0.2, -0.15) is 0 Å². The third-order valence-electron chi connectivity index (χ3n) is 17.6. The second kappa shape index (κ2) is 25.4. The Morgan fingerprint density at radius 2 is 0.258 bits per heavy atom. The molecule has 19 aliphatic heterocycles. The summed E-state index contributed by atoms with van der Waals surface area (Å²) in [4.78, 5) is 40.8. The van der Waals surface area contributed by atoms with Crippen molar-refractivity contribution in [3.05, 3.63) is 358 Å². The van der Waals surface area contributed by atoms with E-state index in [1.54, 1.807) is 146 Å². The summed E-state index contributed by atoms with van der Waals surface area (Å²) in [6.07, 6.45) is 0. The first-order valence-electron chi connectivity index (χ1n) is 30.9. The molecule has 0 amide bonds. The average molecular weight is 1220 g/mol. The van der Waals surface area contributed by atoms with Crippen molar-refractivity contribution in [2.24, 2.45) is 0 Å². The zero-order valence-corrected chi connectivity index (χ0v) is 52.4. The quantitative estimate of drug-likeness (QED) is 0.147. The van der Waals surface area contributed by atoms with Crippen LogP contribution in [-0.2, 0) is 16.2 Å². The van der Waals surface area contributed by atoms with Crippen LogP contribution in [0.2, 0.25) is 0 Å². The molecule has 19 heterocycles. The van der Waals surface area contributed by atoms with E-state index in [1.165, 1.54) is 0 Å². The van der Waals surface area contributed by atoms with Gasteiger partial charge in [0.1, 0.15) is 69.0 Å². The molecule has 12 aromatic carbocycles. The van der Waals surface area contributed by atoms with Gasteiger partial charge in [-0.1, -0.05) is 114 Å². The zero-order chi connectivity index (χ0) is 64.3. The van der Waals surface area contributed by atoms with E-state index >= 15 is 0 Å². The van der Waals surface area contributed by atoms with Gasteiger partial charge < -0.3 is 28.4 Å². The first-order chi connectivity index (χ1) is 45.0. The SMILES string of the molecule is CC1(C)c2ccc(cc2)Oc2ccc(cc2)C(=O)c2ccc(cc2)Oc2ccc(cc2)C(C)(C)c2ccc(cc2)Oc2ccc(cc2)C(=O)c2ccc(cc2)Oc2ccc(cc2)C(C)(C)c2ccc(cc2)Oc2ccc(cc2)C(=O)c2ccc(cc2)Oc2ccc1cc2. The second-order valence-electron chi connectivity index (χ2n) is 24.8. The molecule has 31 rings (SSSR count). The van der Waals surface area contributed by atoms with Crippen LogP contribution in [0.5, 0.6) is 69.0 Å². The number of hydrogen-bond donors (Lipinski definition) is 0. The number of carbonyl (C=O) groups excluding carboxylic acids is 3. The van der Waals surface area contributed by atoms with Crippen molar-refractivity contribution in [3.63, 3.8) is 0 Å². The monoisotopic (exact) mass is 1220 g/mol. The minimum absolute atomic E-state index is 0.112. The van der Waals surface area contributed by atoms with E-state index in [9.17, 15) is 14.4 Å². The van der Waals surface area contributed by atoms with Gasteiger partial charge in [-0.3, -0.25) is 14.4 Å². The van der Waals surface area contributed by atoms with Crippen LogP contribution in [-0.4, -0.2) is 17.3 Å². The molecule has 12 aromatic rings. The van der Waals surface area contributed by atoms with Crippen LogP contribution in [0.3, 0.4) is 0 Å². The van der Waals surface area contributed by atoms with Crippen molar-refractivity contribution in [2.45, 2.75) is 57.8 Å². The molecular formula is C84H66O9. The van der Waals surface area contributed by atoms with Gasteiger partial charge in [0.2, 0.25) is 0 Å². The fourth-order valence-electron chi connectivity index (χ4n) is 11.5. The van der Waals surface area contributed by atoms with Gasteiger partial charge in [0.05, 0.1) is 0 Å². The Labute approximate surface area is 542 Å². The average Bonchev–Trinajstić information content (AvgIpc) is 1.09. The highest BCUT2D eigenvalue weighted by Crippen LogP contribution is 2.39. The van der Waals surface area contributed by atoms with Gasteiger partial charge in [0.15, 0.2) is 17.3 Å². The lowest BCUT2D eigenvalue weighted by Crippen LogP contribution is -2.18. The lowest BCUT2D eigenvalue weighted by molar-refractivity contribution is 0.103. The molecular weight excluding hydrogens is 1150 g/mol. The minimum atomic E-state index is -0.333. The number of ether oxygens (including phenoxy) is 6. The van der Waals surface area contributed by atoms with Crippen molar-refractivity contribution < 1.29 is 42.8 Å². The first-order valence-corrected chi connectivity index (χ1v) is 30.9. The predicted octanol–water partition coefficient (Wildman–Crippen LogP) is 21.4. The van der Waals surface area contributed by atoms with Gasteiger partial charge in [-0.15, -0.1) is 0 Å². The highest BCUT2D eigenvalue weighted by Gasteiger charge is 2.27. The lowest BCUT2D eigenvalue weighted by atomic mass is 9.78. The van der Waals surface area contributed by atoms with Crippen LogP contribution in [0.1, 0.15) is 123 Å². The molecule has 93 heavy (non-hydrogen) atoms. The normalized spacial score (nSPS) is 14.3. The smallest absolute Gasteiger partial charge is 0.193 e. The van der Waals surface area contributed by atoms with E-state index in [0.29, 0.717) is 102 Å². The molecule has 9 nitrogen and oxygen atoms in total. The summed E-state index contributed by atoms with van der Waals surface area (Å²) in [5.74, 6) is 7.38. The Kier molecular flexibility index (Phi) is 16.5. The number of carbonyl (C=O) groups is 3. The summed E-state index contributed by atoms with van der Waals surface area (Å²) in [5, 5.41) is 0. The Morgan fingerprint density at radius 1 is 0.161 bits per heavy atom. The van der Waals surface area contributed by atoms with Gasteiger partial charge in [0, 0.05) is 49.6 Å². The van der Waals surface area contributed by atoms with Gasteiger partial charge in [0.25, 0.3) is 0 Å². The highest BCUT2D eigenvalue weighted by molar-refractivity contribution is 6.10. The van der Waals surface area contributed by atoms with Crippen LogP contribution >= 0.6 is 0 Å². The van der Waals surface area contributed by atoms with Crippen LogP contribution < -0.4 is 28.4 Å². The summed E-state index contributed by atoms with van der Waals surface area (Å²) in [5.41, 5.74) is 8.87. The van der Waals surface area contributed by atoms with Crippen LogP contribution in [0.25, 0.3) is 0 Å². The van der Waals surface area contributed by atoms with Crippen LogP contribution in [0.15, 0.2) is 291 Å². The number of rotatable bonds is 0. The molecule has 0 fully saturated rings. The summed E-state index contributed by atoms with van der Waals surface area (Å²) in [6, 6.07) is 91.2. The second-order valence-corrected chi connectivity index (χ2v) is 24.8. The first kappa shape index (κ1) is 60.4. The molecule has 0 N–H and O–H groups in total. The Hall–Kier alpha value is -11.6. The molecule has 9 heteroatoms. The Morgan fingerprint density at radius 3 is 0.366 bits per heavy atom. The Bertz CT molecular complexity index is 3840. The molecule has 0 aromatic heterocycles. The molecule has 456 valence electrons. The van der Waals surface area contributed by atoms with E-state index in [-0.39, 0.29) is 33.6 Å². The maximum Gasteiger partial charge on any atom is 0.193 e. The number of ketones is 3. The van der Waals surface area contributed by atoms with E-state index in [4.69, 9.17) is 28.4 Å². The molecule has 0 unspecified atom stereocenters. The van der Waals surface area contributed by atoms with Crippen molar-refractivity contribution in [3.8, 4) is 69.0 Å². The third kappa shape index (κ3) is 13.4. The van der Waals surface area contributed by atoms with Gasteiger partial charge >= 0.3 is 0 Å². The molecule has 0 atom stereocenters. The topological polar surface area (TPSA) is 107 Å². The molecule has 0 saturated heterocycles. The third-order valence-corrected chi connectivity index (χ3v) is 17.6. The molecule has 0 radical (unpaired) electrons. The minimum Gasteiger partial charge on any atom is -0.457 e. The lowest BCUT2D eigenvalue weighted by Gasteiger charge is -2.26. The predicted molar refractivity (Wildman–Crippen MR) is 364 cm³/mol. The van der Waals surface area contributed by atoms with E-state index in [0.717, 1.165) is 33.4 Å². The number of hydrogen-bond acceptors (Lipinski definition) is 9. The summed E-state index contributed by atoms with van der Waals surface area (Å²) in [7, 11) is 0. The van der Waals surface area contributed by atoms with Crippen molar-refractivity contribution >= 4 is 17.3 Å². The fourth-order valence-corrected chi connectivity index (χ4v) is 11.5. The maximum atomic E-state index is 13.6. The molecule has 24 bridgehead atoms. The number of benzene rings is 12. The molecule has 0 aliphatic carbocycles. The highest BCUT2D eigenvalue weighted by atomic mass is 16.5. The summed E-state index contributed by atoms with van der Waals surface area (Å²) < 4.78 is 37.4. The maximum absolute atomic E-state index is 13.6. The summed E-state index contributed by atoms with van der Waals surface area (Å²) >= 11 is 0. The standard InChI is InChI=1S/C84H66O9/c1-82(2)61-19-43-73(44-20-61)88-67-31-7-55(8-32-67)79(85)57-11-35-69(36-12-57)90-75-47-23-63(24-48-75)83(3,4)65-27-51-77(52-28-65)92-71-39-15-59(16-40-71)81(87)60-17-41-72(42-18-60)93-78-53-29-66(30-54-78)84(5,6)64-25-49-76(50-26-64)91-70-37-13-58(14-38-70)80(86)56-9-33-68(34-10-56)89-74-45-21-62(82)22-46-74/h7-54H,1-6H3. The van der Waals surface area contributed by atoms with Crippen molar-refractivity contribution in [2.75, 3.05) is 0 Å². The van der Waals surface area contributed by atoms with E-state index in [2.05, 4.69) is 114 Å². The van der Waals surface area contributed by atoms with Crippen molar-refractivity contribution in [1.82, 2.24) is 0 Å². The van der Waals surface area contributed by atoms with E-state index < -0.39 is 0 Å². The van der Waals surface area contributed by atoms with Crippen molar-refractivity contribution in [1.29, 1.82) is 0 Å². The molecule has 0 spiro atoms. The molecule has 19 aliphatic rings. The fraction of sp³-hybridized carbons (Fsp3) is 0.107. The van der Waals surface area contributed by atoms with Gasteiger partial charge in [-0.25, -0.2) is 0 Å². The van der Waals surface area contributed by atoms with E-state index in [1.807, 2.05) is 72.8 Å². The largest absolute Gasteiger partial charge is 0.457 e. The Balaban J connectivity index is 0.698. The van der Waals surface area contributed by atoms with Crippen LogP contribution in [0.4, 0.5) is 0 Å².